The molecule has 0 fully saturated rings. The summed E-state index contributed by atoms with van der Waals surface area (Å²) in [7, 11) is 3.48. The van der Waals surface area contributed by atoms with E-state index in [0.29, 0.717) is 26.2 Å². The maximum absolute atomic E-state index is 11.7. The van der Waals surface area contributed by atoms with Gasteiger partial charge in [0.2, 0.25) is 5.91 Å². The largest absolute Gasteiger partial charge is 0.497 e. The molecule has 6 heteroatoms. The lowest BCUT2D eigenvalue weighted by atomic mass is 10.2. The number of hydrogen-bond donors (Lipinski definition) is 2. The van der Waals surface area contributed by atoms with Crippen LogP contribution < -0.4 is 15.4 Å². The van der Waals surface area contributed by atoms with E-state index in [2.05, 4.69) is 10.6 Å². The molecule has 0 saturated heterocycles. The number of rotatable bonds is 9. The van der Waals surface area contributed by atoms with Gasteiger partial charge in [-0.3, -0.25) is 4.79 Å². The number of halogens is 1. The van der Waals surface area contributed by atoms with Crippen molar-refractivity contribution in [1.29, 1.82) is 0 Å². The van der Waals surface area contributed by atoms with Crippen LogP contribution in [0.25, 0.3) is 0 Å². The molecule has 5 nitrogen and oxygen atoms in total. The fourth-order valence-corrected chi connectivity index (χ4v) is 2.21. The molecule has 0 heterocycles. The summed E-state index contributed by atoms with van der Waals surface area (Å²) < 4.78 is 10.9. The lowest BCUT2D eigenvalue weighted by molar-refractivity contribution is -0.116. The van der Waals surface area contributed by atoms with Crippen molar-refractivity contribution in [2.75, 3.05) is 26.0 Å². The summed E-state index contributed by atoms with van der Waals surface area (Å²) in [6, 6.07) is 15.5. The molecular weight excluding hydrogens is 340 g/mol. The van der Waals surface area contributed by atoms with Gasteiger partial charge in [-0.15, -0.1) is 12.4 Å². The number of anilines is 1. The van der Waals surface area contributed by atoms with Crippen molar-refractivity contribution in [3.05, 3.63) is 59.7 Å². The molecule has 0 bridgehead atoms. The Balaban J connectivity index is 0.00000312. The summed E-state index contributed by atoms with van der Waals surface area (Å²) in [4.78, 5) is 11.7. The second-order valence-corrected chi connectivity index (χ2v) is 5.44. The van der Waals surface area contributed by atoms with E-state index in [-0.39, 0.29) is 18.3 Å². The van der Waals surface area contributed by atoms with Crippen molar-refractivity contribution in [2.24, 2.45) is 0 Å². The van der Waals surface area contributed by atoms with E-state index in [1.807, 2.05) is 55.6 Å². The molecule has 2 N–H and O–H groups in total. The fourth-order valence-electron chi connectivity index (χ4n) is 2.21. The molecule has 25 heavy (non-hydrogen) atoms. The van der Waals surface area contributed by atoms with Gasteiger partial charge in [-0.05, 0) is 42.4 Å². The summed E-state index contributed by atoms with van der Waals surface area (Å²) in [5.74, 6) is 0.834. The third kappa shape index (κ3) is 7.56. The van der Waals surface area contributed by atoms with E-state index >= 15 is 0 Å². The Morgan fingerprint density at radius 2 is 1.76 bits per heavy atom. The number of hydrogen-bond acceptors (Lipinski definition) is 4. The zero-order valence-electron chi connectivity index (χ0n) is 14.6. The molecule has 2 aromatic rings. The Morgan fingerprint density at radius 1 is 1.04 bits per heavy atom. The normalized spacial score (nSPS) is 10.0. The topological polar surface area (TPSA) is 59.6 Å². The maximum atomic E-state index is 11.7. The van der Waals surface area contributed by atoms with Crippen molar-refractivity contribution < 1.29 is 14.3 Å². The molecule has 0 radical (unpaired) electrons. The average molecular weight is 365 g/mol. The summed E-state index contributed by atoms with van der Waals surface area (Å²) in [6.07, 6.45) is 0.453. The zero-order chi connectivity index (χ0) is 17.2. The molecule has 1 amide bonds. The van der Waals surface area contributed by atoms with Crippen LogP contribution in [0.3, 0.4) is 0 Å². The molecule has 0 aliphatic rings. The minimum atomic E-state index is 0. The monoisotopic (exact) mass is 364 g/mol. The number of carbonyl (C=O) groups excluding carboxylic acids is 1. The lowest BCUT2D eigenvalue weighted by Crippen LogP contribution is -2.18. The van der Waals surface area contributed by atoms with Crippen LogP contribution in [-0.4, -0.2) is 26.6 Å². The van der Waals surface area contributed by atoms with Gasteiger partial charge < -0.3 is 20.1 Å². The van der Waals surface area contributed by atoms with Crippen molar-refractivity contribution in [3.63, 3.8) is 0 Å². The molecule has 0 saturated carbocycles. The number of methoxy groups -OCH3 is 1. The van der Waals surface area contributed by atoms with Gasteiger partial charge in [-0.1, -0.05) is 24.3 Å². The van der Waals surface area contributed by atoms with Gasteiger partial charge in [0.05, 0.1) is 20.3 Å². The highest BCUT2D eigenvalue weighted by atomic mass is 35.5. The first-order chi connectivity index (χ1) is 11.7. The molecule has 2 aromatic carbocycles. The minimum Gasteiger partial charge on any atom is -0.497 e. The molecule has 0 aromatic heterocycles. The molecule has 0 aliphatic heterocycles. The van der Waals surface area contributed by atoms with Crippen LogP contribution in [0.15, 0.2) is 48.5 Å². The van der Waals surface area contributed by atoms with Gasteiger partial charge >= 0.3 is 0 Å². The number of nitrogens with one attached hydrogen (secondary N) is 2. The van der Waals surface area contributed by atoms with Crippen LogP contribution in [0.2, 0.25) is 0 Å². The van der Waals surface area contributed by atoms with E-state index in [4.69, 9.17) is 9.47 Å². The molecule has 0 spiro atoms. The second-order valence-electron chi connectivity index (χ2n) is 5.44. The highest BCUT2D eigenvalue weighted by molar-refractivity contribution is 5.90. The Bertz CT molecular complexity index is 647. The summed E-state index contributed by atoms with van der Waals surface area (Å²) in [5, 5.41) is 5.85. The Hall–Kier alpha value is -2.08. The van der Waals surface area contributed by atoms with Crippen LogP contribution in [0, 0.1) is 0 Å². The summed E-state index contributed by atoms with van der Waals surface area (Å²) in [6.45, 7) is 1.69. The van der Waals surface area contributed by atoms with Crippen LogP contribution in [0.5, 0.6) is 5.75 Å². The first-order valence-corrected chi connectivity index (χ1v) is 7.95. The zero-order valence-corrected chi connectivity index (χ0v) is 15.4. The minimum absolute atomic E-state index is 0. The van der Waals surface area contributed by atoms with Crippen LogP contribution in [-0.2, 0) is 22.7 Å². The Morgan fingerprint density at radius 3 is 2.44 bits per heavy atom. The predicted octanol–water partition coefficient (Wildman–Crippen LogP) is 3.38. The van der Waals surface area contributed by atoms with E-state index < -0.39 is 0 Å². The van der Waals surface area contributed by atoms with Gasteiger partial charge in [0.25, 0.3) is 0 Å². The van der Waals surface area contributed by atoms with Gasteiger partial charge in [-0.2, -0.15) is 0 Å². The summed E-state index contributed by atoms with van der Waals surface area (Å²) in [5.41, 5.74) is 2.91. The van der Waals surface area contributed by atoms with Crippen LogP contribution in [0.4, 0.5) is 5.69 Å². The average Bonchev–Trinajstić information content (AvgIpc) is 2.61. The SMILES string of the molecule is CNCCC(=O)Nc1cccc(COCc2ccc(OC)cc2)c1.Cl. The standard InChI is InChI=1S/C19H24N2O3.ClH/c1-20-11-10-19(22)21-17-5-3-4-16(12-17)14-24-13-15-6-8-18(23-2)9-7-15;/h3-9,12,20H,10-11,13-14H2,1-2H3,(H,21,22);1H. The van der Waals surface area contributed by atoms with Gasteiger partial charge in [0, 0.05) is 18.7 Å². The molecule has 136 valence electrons. The maximum Gasteiger partial charge on any atom is 0.225 e. The van der Waals surface area contributed by atoms with Crippen molar-refractivity contribution in [3.8, 4) is 5.75 Å². The van der Waals surface area contributed by atoms with Gasteiger partial charge in [-0.25, -0.2) is 0 Å². The summed E-state index contributed by atoms with van der Waals surface area (Å²) >= 11 is 0. The van der Waals surface area contributed by atoms with Crippen LogP contribution >= 0.6 is 12.4 Å². The second kappa shape index (κ2) is 11.5. The van der Waals surface area contributed by atoms with Gasteiger partial charge in [0.1, 0.15) is 5.75 Å². The fraction of sp³-hybridized carbons (Fsp3) is 0.316. The van der Waals surface area contributed by atoms with Crippen molar-refractivity contribution in [2.45, 2.75) is 19.6 Å². The Kier molecular flexibility index (Phi) is 9.62. The van der Waals surface area contributed by atoms with E-state index in [1.165, 1.54) is 0 Å². The number of ether oxygens (including phenoxy) is 2. The van der Waals surface area contributed by atoms with Crippen molar-refractivity contribution in [1.82, 2.24) is 5.32 Å². The first kappa shape index (κ1) is 21.0. The van der Waals surface area contributed by atoms with Crippen LogP contribution in [0.1, 0.15) is 17.5 Å². The highest BCUT2D eigenvalue weighted by Crippen LogP contribution is 2.15. The molecule has 0 aliphatic carbocycles. The van der Waals surface area contributed by atoms with E-state index in [0.717, 1.165) is 22.6 Å². The number of benzene rings is 2. The molecular formula is C19H25ClN2O3. The van der Waals surface area contributed by atoms with Gasteiger partial charge in [0.15, 0.2) is 0 Å². The van der Waals surface area contributed by atoms with Crippen molar-refractivity contribution >= 4 is 24.0 Å². The third-order valence-corrected chi connectivity index (χ3v) is 3.51. The number of amides is 1. The first-order valence-electron chi connectivity index (χ1n) is 7.95. The quantitative estimate of drug-likeness (QED) is 0.716. The molecule has 0 atom stereocenters. The highest BCUT2D eigenvalue weighted by Gasteiger charge is 2.03. The lowest BCUT2D eigenvalue weighted by Gasteiger charge is -2.09. The molecule has 0 unspecified atom stereocenters. The van der Waals surface area contributed by atoms with E-state index in [1.54, 1.807) is 7.11 Å². The number of carbonyl (C=O) groups is 1. The predicted molar refractivity (Wildman–Crippen MR) is 102 cm³/mol. The Labute approximate surface area is 155 Å². The van der Waals surface area contributed by atoms with E-state index in [9.17, 15) is 4.79 Å². The third-order valence-electron chi connectivity index (χ3n) is 3.51. The smallest absolute Gasteiger partial charge is 0.225 e. The molecule has 2 rings (SSSR count).